The lowest BCUT2D eigenvalue weighted by Gasteiger charge is -2.26. The van der Waals surface area contributed by atoms with E-state index in [1.165, 1.54) is 38.5 Å². The van der Waals surface area contributed by atoms with Gasteiger partial charge in [-0.3, -0.25) is 5.32 Å². The van der Waals surface area contributed by atoms with Crippen molar-refractivity contribution in [3.63, 3.8) is 0 Å². The highest BCUT2D eigenvalue weighted by Gasteiger charge is 2.23. The lowest BCUT2D eigenvalue weighted by atomic mass is 10.1. The van der Waals surface area contributed by atoms with E-state index in [2.05, 4.69) is 10.6 Å². The van der Waals surface area contributed by atoms with Gasteiger partial charge in [-0.25, -0.2) is 0 Å². The van der Waals surface area contributed by atoms with Gasteiger partial charge in [0.05, 0.1) is 0 Å². The summed E-state index contributed by atoms with van der Waals surface area (Å²) in [6.45, 7) is 3.20. The Morgan fingerprint density at radius 3 is 2.71 bits per heavy atom. The summed E-state index contributed by atoms with van der Waals surface area (Å²) < 4.78 is 5.82. The summed E-state index contributed by atoms with van der Waals surface area (Å²) in [5, 5.41) is 7.09. The van der Waals surface area contributed by atoms with E-state index in [0.29, 0.717) is 6.04 Å². The Labute approximate surface area is 86.6 Å². The van der Waals surface area contributed by atoms with Crippen molar-refractivity contribution in [1.29, 1.82) is 0 Å². The van der Waals surface area contributed by atoms with Crippen molar-refractivity contribution in [3.8, 4) is 0 Å². The molecule has 0 aromatic rings. The molecule has 0 bridgehead atoms. The molecule has 2 saturated heterocycles. The molecule has 3 heteroatoms. The lowest BCUT2D eigenvalue weighted by molar-refractivity contribution is 0.0145. The van der Waals surface area contributed by atoms with Crippen LogP contribution < -0.4 is 10.6 Å². The van der Waals surface area contributed by atoms with Crippen LogP contribution >= 0.6 is 0 Å². The fraction of sp³-hybridized carbons (Fsp3) is 1.00. The standard InChI is InChI=1S/C11H22N2O/c1-2-6-10(12-7-3-1)11-13-8-4-5-9-14-11/h10-13H,1-9H2. The van der Waals surface area contributed by atoms with E-state index in [1.807, 2.05) is 0 Å². The summed E-state index contributed by atoms with van der Waals surface area (Å²) in [5.74, 6) is 0. The monoisotopic (exact) mass is 198 g/mol. The molecule has 0 saturated carbocycles. The Morgan fingerprint density at radius 2 is 1.71 bits per heavy atom. The minimum Gasteiger partial charge on any atom is -0.362 e. The van der Waals surface area contributed by atoms with Crippen molar-refractivity contribution < 1.29 is 4.74 Å². The number of ether oxygens (including phenoxy) is 1. The number of hydrogen-bond acceptors (Lipinski definition) is 3. The summed E-state index contributed by atoms with van der Waals surface area (Å²) >= 11 is 0. The topological polar surface area (TPSA) is 33.3 Å². The fourth-order valence-electron chi connectivity index (χ4n) is 2.31. The molecule has 2 atom stereocenters. The van der Waals surface area contributed by atoms with Crippen LogP contribution in [0.5, 0.6) is 0 Å². The average Bonchev–Trinajstić information content (AvgIpc) is 2.62. The molecule has 0 aliphatic carbocycles. The van der Waals surface area contributed by atoms with Gasteiger partial charge in [0.25, 0.3) is 0 Å². The smallest absolute Gasteiger partial charge is 0.123 e. The minimum absolute atomic E-state index is 0.260. The van der Waals surface area contributed by atoms with Crippen LogP contribution in [-0.2, 0) is 4.74 Å². The highest BCUT2D eigenvalue weighted by molar-refractivity contribution is 4.79. The number of rotatable bonds is 1. The summed E-state index contributed by atoms with van der Waals surface area (Å²) in [5.41, 5.74) is 0. The maximum absolute atomic E-state index is 5.82. The largest absolute Gasteiger partial charge is 0.362 e. The van der Waals surface area contributed by atoms with Gasteiger partial charge >= 0.3 is 0 Å². The van der Waals surface area contributed by atoms with Crippen LogP contribution in [0.2, 0.25) is 0 Å². The summed E-state index contributed by atoms with van der Waals surface area (Å²) in [6, 6.07) is 0.538. The van der Waals surface area contributed by atoms with E-state index in [9.17, 15) is 0 Å². The third kappa shape index (κ3) is 2.94. The molecule has 2 N–H and O–H groups in total. The molecule has 0 radical (unpaired) electrons. The molecule has 2 aliphatic heterocycles. The average molecular weight is 198 g/mol. The second-order valence-corrected chi connectivity index (χ2v) is 4.36. The summed E-state index contributed by atoms with van der Waals surface area (Å²) in [6.07, 6.45) is 8.02. The van der Waals surface area contributed by atoms with Gasteiger partial charge in [-0.1, -0.05) is 12.8 Å². The van der Waals surface area contributed by atoms with Crippen LogP contribution in [0.25, 0.3) is 0 Å². The van der Waals surface area contributed by atoms with Gasteiger partial charge < -0.3 is 10.1 Å². The van der Waals surface area contributed by atoms with Gasteiger partial charge in [0.15, 0.2) is 0 Å². The molecule has 2 heterocycles. The second-order valence-electron chi connectivity index (χ2n) is 4.36. The molecule has 82 valence electrons. The number of nitrogens with one attached hydrogen (secondary N) is 2. The van der Waals surface area contributed by atoms with Crippen LogP contribution in [0.1, 0.15) is 38.5 Å². The molecule has 2 fully saturated rings. The van der Waals surface area contributed by atoms with Gasteiger partial charge in [0.1, 0.15) is 6.23 Å². The zero-order chi connectivity index (χ0) is 9.64. The SMILES string of the molecule is C1CCNC(C2NCCCCO2)CC1. The van der Waals surface area contributed by atoms with Crippen LogP contribution in [0.3, 0.4) is 0 Å². The van der Waals surface area contributed by atoms with Gasteiger partial charge in [0.2, 0.25) is 0 Å². The van der Waals surface area contributed by atoms with Crippen LogP contribution in [0.4, 0.5) is 0 Å². The normalized spacial score (nSPS) is 36.0. The predicted molar refractivity (Wildman–Crippen MR) is 57.2 cm³/mol. The molecule has 2 unspecified atom stereocenters. The van der Waals surface area contributed by atoms with Crippen LogP contribution in [0, 0.1) is 0 Å². The number of hydrogen-bond donors (Lipinski definition) is 2. The molecule has 0 aromatic heterocycles. The maximum atomic E-state index is 5.82. The lowest BCUT2D eigenvalue weighted by Crippen LogP contribution is -2.48. The predicted octanol–water partition coefficient (Wildman–Crippen LogP) is 1.24. The van der Waals surface area contributed by atoms with Gasteiger partial charge in [-0.15, -0.1) is 0 Å². The van der Waals surface area contributed by atoms with E-state index >= 15 is 0 Å². The van der Waals surface area contributed by atoms with Gasteiger partial charge in [-0.2, -0.15) is 0 Å². The summed E-state index contributed by atoms with van der Waals surface area (Å²) in [7, 11) is 0. The Balaban J connectivity index is 1.83. The van der Waals surface area contributed by atoms with Crippen molar-refractivity contribution in [2.24, 2.45) is 0 Å². The Bertz CT molecular complexity index is 129. The quantitative estimate of drug-likeness (QED) is 0.665. The molecule has 2 rings (SSSR count). The van der Waals surface area contributed by atoms with E-state index in [-0.39, 0.29) is 6.23 Å². The van der Waals surface area contributed by atoms with Crippen molar-refractivity contribution in [2.75, 3.05) is 19.7 Å². The first-order valence-corrected chi connectivity index (χ1v) is 6.05. The van der Waals surface area contributed by atoms with Crippen LogP contribution in [0.15, 0.2) is 0 Å². The van der Waals surface area contributed by atoms with E-state index < -0.39 is 0 Å². The Kier molecular flexibility index (Phi) is 4.22. The molecular formula is C11H22N2O. The third-order valence-electron chi connectivity index (χ3n) is 3.18. The molecule has 14 heavy (non-hydrogen) atoms. The molecular weight excluding hydrogens is 176 g/mol. The highest BCUT2D eigenvalue weighted by atomic mass is 16.5. The van der Waals surface area contributed by atoms with Crippen molar-refractivity contribution >= 4 is 0 Å². The molecule has 3 nitrogen and oxygen atoms in total. The highest BCUT2D eigenvalue weighted by Crippen LogP contribution is 2.13. The van der Waals surface area contributed by atoms with E-state index in [1.54, 1.807) is 0 Å². The first kappa shape index (κ1) is 10.4. The fourth-order valence-corrected chi connectivity index (χ4v) is 2.31. The Hall–Kier alpha value is -0.120. The Morgan fingerprint density at radius 1 is 0.857 bits per heavy atom. The minimum atomic E-state index is 0.260. The zero-order valence-electron chi connectivity index (χ0n) is 8.93. The van der Waals surface area contributed by atoms with Crippen LogP contribution in [-0.4, -0.2) is 32.0 Å². The maximum Gasteiger partial charge on any atom is 0.123 e. The van der Waals surface area contributed by atoms with Crippen molar-refractivity contribution in [1.82, 2.24) is 10.6 Å². The van der Waals surface area contributed by atoms with Crippen molar-refractivity contribution in [3.05, 3.63) is 0 Å². The first-order valence-electron chi connectivity index (χ1n) is 6.05. The van der Waals surface area contributed by atoms with Gasteiger partial charge in [-0.05, 0) is 38.8 Å². The summed E-state index contributed by atoms with van der Waals surface area (Å²) in [4.78, 5) is 0. The third-order valence-corrected chi connectivity index (χ3v) is 3.18. The van der Waals surface area contributed by atoms with Gasteiger partial charge in [0, 0.05) is 12.6 Å². The second kappa shape index (κ2) is 5.69. The first-order chi connectivity index (χ1) is 6.97. The zero-order valence-corrected chi connectivity index (χ0v) is 8.93. The molecule has 0 spiro atoms. The van der Waals surface area contributed by atoms with E-state index in [4.69, 9.17) is 4.74 Å². The molecule has 2 aliphatic rings. The van der Waals surface area contributed by atoms with Crippen molar-refractivity contribution in [2.45, 2.75) is 50.8 Å². The molecule has 0 aromatic carbocycles. The van der Waals surface area contributed by atoms with E-state index in [0.717, 1.165) is 19.7 Å². The molecule has 0 amide bonds.